The van der Waals surface area contributed by atoms with E-state index in [0.29, 0.717) is 28.7 Å². The number of hydrogen-bond acceptors (Lipinski definition) is 5. The zero-order chi connectivity index (χ0) is 18.5. The minimum atomic E-state index is -0.894. The lowest BCUT2D eigenvalue weighted by Gasteiger charge is -2.10. The van der Waals surface area contributed by atoms with Crippen LogP contribution in [0.15, 0.2) is 42.5 Å². The number of carbonyl (C=O) groups is 1. The number of thiazole rings is 1. The Kier molecular flexibility index (Phi) is 5.53. The van der Waals surface area contributed by atoms with Crippen LogP contribution >= 0.6 is 11.3 Å². The molecule has 0 aliphatic rings. The number of fused-ring (bicyclic) bond motifs is 1. The number of nitrogens with zero attached hydrogens (tertiary/aromatic N) is 1. The van der Waals surface area contributed by atoms with Crippen molar-refractivity contribution in [3.63, 3.8) is 0 Å². The van der Waals surface area contributed by atoms with Gasteiger partial charge in [-0.05, 0) is 48.4 Å². The van der Waals surface area contributed by atoms with Gasteiger partial charge in [0.15, 0.2) is 11.5 Å². The maximum atomic E-state index is 11.3. The van der Waals surface area contributed by atoms with Gasteiger partial charge < -0.3 is 14.6 Å². The first-order valence-electron chi connectivity index (χ1n) is 8.20. The molecule has 134 valence electrons. The summed E-state index contributed by atoms with van der Waals surface area (Å²) >= 11 is 1.49. The predicted octanol–water partition coefficient (Wildman–Crippen LogP) is 4.72. The molecular formula is C20H19NO4S. The van der Waals surface area contributed by atoms with Crippen molar-refractivity contribution >= 4 is 39.2 Å². The van der Waals surface area contributed by atoms with E-state index in [1.165, 1.54) is 11.3 Å². The number of aliphatic carboxylic acids is 1. The first kappa shape index (κ1) is 17.9. The zero-order valence-electron chi connectivity index (χ0n) is 14.6. The number of methoxy groups -OCH3 is 1. The molecule has 1 aromatic heterocycles. The number of carboxylic acid groups (broad SMARTS) is 1. The van der Waals surface area contributed by atoms with Crippen LogP contribution in [0.5, 0.6) is 11.5 Å². The van der Waals surface area contributed by atoms with Crippen molar-refractivity contribution in [1.82, 2.24) is 4.98 Å². The molecule has 3 rings (SSSR count). The van der Waals surface area contributed by atoms with Crippen LogP contribution in [0.3, 0.4) is 0 Å². The molecular weight excluding hydrogens is 350 g/mol. The minimum absolute atomic E-state index is 0.101. The van der Waals surface area contributed by atoms with Gasteiger partial charge in [-0.3, -0.25) is 4.79 Å². The van der Waals surface area contributed by atoms with Crippen LogP contribution in [0.2, 0.25) is 0 Å². The average Bonchev–Trinajstić information content (AvgIpc) is 3.05. The Morgan fingerprint density at radius 1 is 1.23 bits per heavy atom. The Morgan fingerprint density at radius 2 is 2.04 bits per heavy atom. The van der Waals surface area contributed by atoms with Gasteiger partial charge >= 0.3 is 5.97 Å². The maximum absolute atomic E-state index is 11.3. The van der Waals surface area contributed by atoms with Crippen molar-refractivity contribution in [2.24, 2.45) is 0 Å². The predicted molar refractivity (Wildman–Crippen MR) is 104 cm³/mol. The second-order valence-electron chi connectivity index (χ2n) is 5.57. The molecule has 0 fully saturated rings. The molecule has 0 spiro atoms. The van der Waals surface area contributed by atoms with Crippen LogP contribution in [0.1, 0.15) is 23.9 Å². The molecule has 1 heterocycles. The van der Waals surface area contributed by atoms with E-state index < -0.39 is 5.97 Å². The Morgan fingerprint density at radius 3 is 2.73 bits per heavy atom. The third-order valence-corrected chi connectivity index (χ3v) is 4.85. The quantitative estimate of drug-likeness (QED) is 0.653. The van der Waals surface area contributed by atoms with E-state index in [2.05, 4.69) is 4.98 Å². The summed E-state index contributed by atoms with van der Waals surface area (Å²) in [5.41, 5.74) is 2.37. The molecule has 2 aromatic carbocycles. The standard InChI is InChI=1S/C20H19NO4S/c1-3-25-17-11-13(8-9-16(17)24-2)10-14(12-19(22)23)20-21-15-6-4-5-7-18(15)26-20/h4-11H,3,12H2,1-2H3,(H,22,23). The number of aromatic nitrogens is 1. The summed E-state index contributed by atoms with van der Waals surface area (Å²) in [6.07, 6.45) is 1.74. The summed E-state index contributed by atoms with van der Waals surface area (Å²) in [6, 6.07) is 13.3. The van der Waals surface area contributed by atoms with E-state index >= 15 is 0 Å². The summed E-state index contributed by atoms with van der Waals surface area (Å²) < 4.78 is 11.9. The number of para-hydroxylation sites is 1. The van der Waals surface area contributed by atoms with Gasteiger partial charge in [-0.1, -0.05) is 18.2 Å². The first-order chi connectivity index (χ1) is 12.6. The smallest absolute Gasteiger partial charge is 0.307 e. The fourth-order valence-corrected chi connectivity index (χ4v) is 3.59. The van der Waals surface area contributed by atoms with Gasteiger partial charge in [-0.15, -0.1) is 11.3 Å². The Labute approximate surface area is 155 Å². The SMILES string of the molecule is CCOc1cc(C=C(CC(=O)O)c2nc3ccccc3s2)ccc1OC. The fourth-order valence-electron chi connectivity index (χ4n) is 2.61. The maximum Gasteiger partial charge on any atom is 0.307 e. The highest BCUT2D eigenvalue weighted by atomic mass is 32.1. The van der Waals surface area contributed by atoms with Crippen molar-refractivity contribution in [1.29, 1.82) is 0 Å². The molecule has 6 heteroatoms. The van der Waals surface area contributed by atoms with Gasteiger partial charge in [0, 0.05) is 0 Å². The van der Waals surface area contributed by atoms with Gasteiger partial charge in [0.1, 0.15) is 5.01 Å². The second kappa shape index (κ2) is 8.01. The van der Waals surface area contributed by atoms with Crippen molar-refractivity contribution in [3.8, 4) is 11.5 Å². The van der Waals surface area contributed by atoms with Crippen LogP contribution in [0.25, 0.3) is 21.9 Å². The highest BCUT2D eigenvalue weighted by Crippen LogP contribution is 2.33. The lowest BCUT2D eigenvalue weighted by atomic mass is 10.1. The van der Waals surface area contributed by atoms with Crippen molar-refractivity contribution in [2.45, 2.75) is 13.3 Å². The van der Waals surface area contributed by atoms with Crippen molar-refractivity contribution in [2.75, 3.05) is 13.7 Å². The number of hydrogen-bond donors (Lipinski definition) is 1. The Balaban J connectivity index is 2.04. The fraction of sp³-hybridized carbons (Fsp3) is 0.200. The van der Waals surface area contributed by atoms with Gasteiger partial charge in [-0.25, -0.2) is 4.98 Å². The molecule has 0 aliphatic heterocycles. The van der Waals surface area contributed by atoms with E-state index in [1.807, 2.05) is 55.5 Å². The largest absolute Gasteiger partial charge is 0.493 e. The Hall–Kier alpha value is -2.86. The van der Waals surface area contributed by atoms with Gasteiger partial charge in [0.05, 0.1) is 30.4 Å². The molecule has 26 heavy (non-hydrogen) atoms. The van der Waals surface area contributed by atoms with Gasteiger partial charge in [-0.2, -0.15) is 0 Å². The third-order valence-electron chi connectivity index (χ3n) is 3.74. The van der Waals surface area contributed by atoms with E-state index in [1.54, 1.807) is 7.11 Å². The van der Waals surface area contributed by atoms with Gasteiger partial charge in [0.2, 0.25) is 0 Å². The number of carboxylic acids is 1. The first-order valence-corrected chi connectivity index (χ1v) is 9.01. The molecule has 0 radical (unpaired) electrons. The van der Waals surface area contributed by atoms with E-state index in [4.69, 9.17) is 9.47 Å². The molecule has 0 saturated heterocycles. The lowest BCUT2D eigenvalue weighted by Crippen LogP contribution is -1.98. The van der Waals surface area contributed by atoms with Crippen LogP contribution in [0, 0.1) is 0 Å². The zero-order valence-corrected chi connectivity index (χ0v) is 15.4. The van der Waals surface area contributed by atoms with E-state index in [0.717, 1.165) is 15.8 Å². The molecule has 0 amide bonds. The molecule has 3 aromatic rings. The lowest BCUT2D eigenvalue weighted by molar-refractivity contribution is -0.135. The Bertz CT molecular complexity index is 928. The summed E-state index contributed by atoms with van der Waals surface area (Å²) in [6.45, 7) is 2.42. The topological polar surface area (TPSA) is 68.7 Å². The number of ether oxygens (including phenoxy) is 2. The van der Waals surface area contributed by atoms with E-state index in [9.17, 15) is 9.90 Å². The minimum Gasteiger partial charge on any atom is -0.493 e. The highest BCUT2D eigenvalue weighted by molar-refractivity contribution is 7.19. The second-order valence-corrected chi connectivity index (χ2v) is 6.60. The molecule has 0 unspecified atom stereocenters. The molecule has 5 nitrogen and oxygen atoms in total. The van der Waals surface area contributed by atoms with Crippen molar-refractivity contribution < 1.29 is 19.4 Å². The number of rotatable bonds is 7. The highest BCUT2D eigenvalue weighted by Gasteiger charge is 2.13. The summed E-state index contributed by atoms with van der Waals surface area (Å²) in [5, 5.41) is 10.0. The van der Waals surface area contributed by atoms with Crippen LogP contribution in [-0.4, -0.2) is 29.8 Å². The third kappa shape index (κ3) is 4.03. The summed E-state index contributed by atoms with van der Waals surface area (Å²) in [5.74, 6) is 0.376. The normalized spacial score (nSPS) is 11.5. The monoisotopic (exact) mass is 369 g/mol. The molecule has 0 bridgehead atoms. The molecule has 0 saturated carbocycles. The van der Waals surface area contributed by atoms with Crippen LogP contribution in [0.4, 0.5) is 0 Å². The number of benzene rings is 2. The van der Waals surface area contributed by atoms with Crippen LogP contribution < -0.4 is 9.47 Å². The molecule has 1 N–H and O–H groups in total. The summed E-state index contributed by atoms with van der Waals surface area (Å²) in [7, 11) is 1.59. The van der Waals surface area contributed by atoms with Gasteiger partial charge in [0.25, 0.3) is 0 Å². The van der Waals surface area contributed by atoms with E-state index in [-0.39, 0.29) is 6.42 Å². The summed E-state index contributed by atoms with van der Waals surface area (Å²) in [4.78, 5) is 15.9. The average molecular weight is 369 g/mol. The van der Waals surface area contributed by atoms with Crippen LogP contribution in [-0.2, 0) is 4.79 Å². The molecule has 0 atom stereocenters. The molecule has 0 aliphatic carbocycles. The van der Waals surface area contributed by atoms with Crippen molar-refractivity contribution in [3.05, 3.63) is 53.0 Å².